The number of ether oxygens (including phenoxy) is 1. The molecule has 1 aromatic carbocycles. The zero-order chi connectivity index (χ0) is 10.8. The third-order valence-corrected chi connectivity index (χ3v) is 1.79. The van der Waals surface area contributed by atoms with Crippen LogP contribution in [0.3, 0.4) is 0 Å². The van der Waals surface area contributed by atoms with E-state index in [9.17, 15) is 0 Å². The number of para-hydroxylation sites is 1. The minimum absolute atomic E-state index is 0.235. The van der Waals surface area contributed by atoms with Crippen LogP contribution in [0.2, 0.25) is 0 Å². The molecule has 0 radical (unpaired) electrons. The van der Waals surface area contributed by atoms with E-state index >= 15 is 0 Å². The molecule has 1 aromatic rings. The van der Waals surface area contributed by atoms with E-state index in [1.807, 2.05) is 45.0 Å². The van der Waals surface area contributed by atoms with Gasteiger partial charge >= 0.3 is 0 Å². The number of hydrogen-bond donors (Lipinski definition) is 1. The average molecular weight is 209 g/mol. The molecule has 3 heteroatoms. The molecule has 0 aliphatic heterocycles. The summed E-state index contributed by atoms with van der Waals surface area (Å²) < 4.78 is 5.73. The number of hydrogen-bond acceptors (Lipinski definition) is 2. The second kappa shape index (κ2) is 3.96. The number of rotatable bonds is 2. The van der Waals surface area contributed by atoms with Crippen LogP contribution < -0.4 is 10.5 Å². The van der Waals surface area contributed by atoms with E-state index in [0.717, 1.165) is 11.3 Å². The van der Waals surface area contributed by atoms with Crippen molar-refractivity contribution in [1.82, 2.24) is 0 Å². The van der Waals surface area contributed by atoms with Crippen molar-refractivity contribution in [3.8, 4) is 5.75 Å². The van der Waals surface area contributed by atoms with Crippen LogP contribution in [-0.4, -0.2) is 10.6 Å². The molecule has 14 heavy (non-hydrogen) atoms. The normalized spacial score (nSPS) is 11.1. The molecule has 0 aliphatic rings. The lowest BCUT2D eigenvalue weighted by Crippen LogP contribution is -2.24. The van der Waals surface area contributed by atoms with Crippen molar-refractivity contribution in [2.24, 2.45) is 5.73 Å². The van der Waals surface area contributed by atoms with E-state index < -0.39 is 0 Å². The van der Waals surface area contributed by atoms with Gasteiger partial charge in [0.15, 0.2) is 0 Å². The van der Waals surface area contributed by atoms with Crippen LogP contribution in [0.25, 0.3) is 0 Å². The lowest BCUT2D eigenvalue weighted by Gasteiger charge is -2.22. The molecule has 0 heterocycles. The highest BCUT2D eigenvalue weighted by Gasteiger charge is 2.14. The first-order valence-corrected chi connectivity index (χ1v) is 4.89. The zero-order valence-electron chi connectivity index (χ0n) is 8.70. The second-order valence-electron chi connectivity index (χ2n) is 4.07. The number of nitrogens with two attached hydrogens (primary N) is 1. The summed E-state index contributed by atoms with van der Waals surface area (Å²) in [5.41, 5.74) is 6.14. The Labute approximate surface area is 90.1 Å². The summed E-state index contributed by atoms with van der Waals surface area (Å²) in [7, 11) is 0. The van der Waals surface area contributed by atoms with Gasteiger partial charge < -0.3 is 10.5 Å². The molecule has 2 N–H and O–H groups in total. The average Bonchev–Trinajstić information content (AvgIpc) is 2.01. The standard InChI is InChI=1S/C11H15NOS/c1-11(2,3)13-9-7-5-4-6-8(9)10(12)14/h4-7H,1-3H3,(H2,12,14). The Balaban J connectivity index is 3.02. The van der Waals surface area contributed by atoms with Crippen LogP contribution in [0.4, 0.5) is 0 Å². The molecule has 0 saturated heterocycles. The summed E-state index contributed by atoms with van der Waals surface area (Å²) in [6.07, 6.45) is 0. The van der Waals surface area contributed by atoms with Crippen molar-refractivity contribution in [3.63, 3.8) is 0 Å². The summed E-state index contributed by atoms with van der Waals surface area (Å²) in [6, 6.07) is 7.54. The maximum Gasteiger partial charge on any atom is 0.130 e. The van der Waals surface area contributed by atoms with Crippen LogP contribution >= 0.6 is 12.2 Å². The Kier molecular flexibility index (Phi) is 3.11. The Morgan fingerprint density at radius 3 is 2.36 bits per heavy atom. The Morgan fingerprint density at radius 2 is 1.86 bits per heavy atom. The van der Waals surface area contributed by atoms with E-state index in [1.54, 1.807) is 0 Å². The second-order valence-corrected chi connectivity index (χ2v) is 4.51. The van der Waals surface area contributed by atoms with Gasteiger partial charge in [-0.05, 0) is 32.9 Å². The van der Waals surface area contributed by atoms with Crippen molar-refractivity contribution in [1.29, 1.82) is 0 Å². The van der Waals surface area contributed by atoms with Gasteiger partial charge in [-0.15, -0.1) is 0 Å². The first-order chi connectivity index (χ1) is 6.40. The smallest absolute Gasteiger partial charge is 0.130 e. The molecule has 2 nitrogen and oxygen atoms in total. The summed E-state index contributed by atoms with van der Waals surface area (Å²) in [5.74, 6) is 0.743. The van der Waals surface area contributed by atoms with E-state index in [4.69, 9.17) is 22.7 Å². The summed E-state index contributed by atoms with van der Waals surface area (Å²) >= 11 is 4.94. The van der Waals surface area contributed by atoms with Gasteiger partial charge in [-0.25, -0.2) is 0 Å². The van der Waals surface area contributed by atoms with E-state index in [0.29, 0.717) is 4.99 Å². The van der Waals surface area contributed by atoms with Gasteiger partial charge in [0.2, 0.25) is 0 Å². The third-order valence-electron chi connectivity index (χ3n) is 1.57. The first-order valence-electron chi connectivity index (χ1n) is 4.48. The largest absolute Gasteiger partial charge is 0.487 e. The van der Waals surface area contributed by atoms with Gasteiger partial charge in [-0.2, -0.15) is 0 Å². The van der Waals surface area contributed by atoms with Gasteiger partial charge in [0.25, 0.3) is 0 Å². The van der Waals surface area contributed by atoms with Crippen LogP contribution in [0, 0.1) is 0 Å². The Morgan fingerprint density at radius 1 is 1.29 bits per heavy atom. The van der Waals surface area contributed by atoms with Crippen LogP contribution in [0.15, 0.2) is 24.3 Å². The van der Waals surface area contributed by atoms with Crippen LogP contribution in [-0.2, 0) is 0 Å². The lowest BCUT2D eigenvalue weighted by molar-refractivity contribution is 0.130. The fraction of sp³-hybridized carbons (Fsp3) is 0.364. The topological polar surface area (TPSA) is 35.2 Å². The molecular formula is C11H15NOS. The maximum absolute atomic E-state index is 5.73. The number of thiocarbonyl (C=S) groups is 1. The van der Waals surface area contributed by atoms with Crippen molar-refractivity contribution < 1.29 is 4.74 Å². The van der Waals surface area contributed by atoms with Crippen molar-refractivity contribution >= 4 is 17.2 Å². The minimum Gasteiger partial charge on any atom is -0.487 e. The molecular weight excluding hydrogens is 194 g/mol. The quantitative estimate of drug-likeness (QED) is 0.760. The molecule has 0 fully saturated rings. The van der Waals surface area contributed by atoms with Crippen molar-refractivity contribution in [3.05, 3.63) is 29.8 Å². The Hall–Kier alpha value is -1.09. The molecule has 0 aromatic heterocycles. The SMILES string of the molecule is CC(C)(C)Oc1ccccc1C(N)=S. The molecule has 0 amide bonds. The predicted molar refractivity (Wildman–Crippen MR) is 62.7 cm³/mol. The van der Waals surface area contributed by atoms with E-state index in [1.165, 1.54) is 0 Å². The highest BCUT2D eigenvalue weighted by molar-refractivity contribution is 7.80. The van der Waals surface area contributed by atoms with E-state index in [2.05, 4.69) is 0 Å². The van der Waals surface area contributed by atoms with Gasteiger partial charge in [0, 0.05) is 0 Å². The maximum atomic E-state index is 5.73. The van der Waals surface area contributed by atoms with Crippen molar-refractivity contribution in [2.45, 2.75) is 26.4 Å². The van der Waals surface area contributed by atoms with Gasteiger partial charge in [0.1, 0.15) is 16.3 Å². The molecule has 0 spiro atoms. The molecule has 0 aliphatic carbocycles. The molecule has 76 valence electrons. The summed E-state index contributed by atoms with van der Waals surface area (Å²) in [6.45, 7) is 5.97. The highest BCUT2D eigenvalue weighted by Crippen LogP contribution is 2.22. The fourth-order valence-electron chi connectivity index (χ4n) is 1.09. The highest BCUT2D eigenvalue weighted by atomic mass is 32.1. The fourth-order valence-corrected chi connectivity index (χ4v) is 1.26. The summed E-state index contributed by atoms with van der Waals surface area (Å²) in [4.78, 5) is 0.366. The number of benzene rings is 1. The zero-order valence-corrected chi connectivity index (χ0v) is 9.52. The summed E-state index contributed by atoms with van der Waals surface area (Å²) in [5, 5.41) is 0. The molecule has 0 unspecified atom stereocenters. The van der Waals surface area contributed by atoms with Crippen LogP contribution in [0.1, 0.15) is 26.3 Å². The molecule has 0 saturated carbocycles. The first kappa shape index (κ1) is 11.0. The van der Waals surface area contributed by atoms with Gasteiger partial charge in [-0.1, -0.05) is 24.4 Å². The van der Waals surface area contributed by atoms with E-state index in [-0.39, 0.29) is 5.60 Å². The van der Waals surface area contributed by atoms with Gasteiger partial charge in [0.05, 0.1) is 5.56 Å². The van der Waals surface area contributed by atoms with Gasteiger partial charge in [-0.3, -0.25) is 0 Å². The monoisotopic (exact) mass is 209 g/mol. The molecule has 1 rings (SSSR count). The third kappa shape index (κ3) is 3.00. The van der Waals surface area contributed by atoms with Crippen molar-refractivity contribution in [2.75, 3.05) is 0 Å². The Bertz CT molecular complexity index is 341. The predicted octanol–water partition coefficient (Wildman–Crippen LogP) is 2.50. The molecule has 0 bridgehead atoms. The minimum atomic E-state index is -0.235. The lowest BCUT2D eigenvalue weighted by atomic mass is 10.1. The molecule has 0 atom stereocenters. The van der Waals surface area contributed by atoms with Crippen LogP contribution in [0.5, 0.6) is 5.75 Å².